The monoisotopic (exact) mass is 345 g/mol. The third-order valence-corrected chi connectivity index (χ3v) is 5.75. The molecule has 0 saturated carbocycles. The van der Waals surface area contributed by atoms with Gasteiger partial charge < -0.3 is 5.32 Å². The molecule has 1 unspecified atom stereocenters. The number of thiazole rings is 1. The van der Waals surface area contributed by atoms with Gasteiger partial charge in [-0.05, 0) is 35.9 Å². The molecule has 0 aliphatic carbocycles. The van der Waals surface area contributed by atoms with Crippen LogP contribution in [0.25, 0.3) is 10.2 Å². The lowest BCUT2D eigenvalue weighted by atomic mass is 10.0. The van der Waals surface area contributed by atoms with E-state index in [9.17, 15) is 13.2 Å². The molecule has 1 aromatic heterocycles. The SMILES string of the molecule is NS(=O)(=O)c1ccc2c(c1)C(c1nc3ccccc3s1)C(=O)N2. The number of anilines is 1. The number of nitrogens with two attached hydrogens (primary N) is 1. The van der Waals surface area contributed by atoms with E-state index >= 15 is 0 Å². The van der Waals surface area contributed by atoms with E-state index in [0.29, 0.717) is 16.3 Å². The average molecular weight is 345 g/mol. The molecule has 3 aromatic rings. The van der Waals surface area contributed by atoms with Gasteiger partial charge in [-0.2, -0.15) is 0 Å². The minimum atomic E-state index is -3.83. The highest BCUT2D eigenvalue weighted by molar-refractivity contribution is 7.89. The number of nitrogens with zero attached hydrogens (tertiary/aromatic N) is 1. The number of primary sulfonamides is 1. The van der Waals surface area contributed by atoms with Crippen LogP contribution in [-0.2, 0) is 14.8 Å². The number of amides is 1. The molecular weight excluding hydrogens is 334 g/mol. The van der Waals surface area contributed by atoms with Crippen molar-refractivity contribution in [3.63, 3.8) is 0 Å². The van der Waals surface area contributed by atoms with Crippen molar-refractivity contribution < 1.29 is 13.2 Å². The normalized spacial score (nSPS) is 17.3. The number of fused-ring (bicyclic) bond motifs is 2. The number of aromatic nitrogens is 1. The summed E-state index contributed by atoms with van der Waals surface area (Å²) in [4.78, 5) is 16.8. The average Bonchev–Trinajstić information content (AvgIpc) is 3.04. The van der Waals surface area contributed by atoms with Gasteiger partial charge in [0.05, 0.1) is 15.1 Å². The Morgan fingerprint density at radius 1 is 1.17 bits per heavy atom. The van der Waals surface area contributed by atoms with Crippen LogP contribution < -0.4 is 10.5 Å². The highest BCUT2D eigenvalue weighted by Gasteiger charge is 2.35. The fraction of sp³-hybridized carbons (Fsp3) is 0.0667. The molecule has 4 rings (SSSR count). The van der Waals surface area contributed by atoms with E-state index in [2.05, 4.69) is 10.3 Å². The van der Waals surface area contributed by atoms with Gasteiger partial charge in [0.1, 0.15) is 10.9 Å². The topological polar surface area (TPSA) is 102 Å². The molecule has 0 saturated heterocycles. The summed E-state index contributed by atoms with van der Waals surface area (Å²) >= 11 is 1.42. The van der Waals surface area contributed by atoms with E-state index in [-0.39, 0.29) is 10.8 Å². The van der Waals surface area contributed by atoms with Gasteiger partial charge in [0.25, 0.3) is 0 Å². The van der Waals surface area contributed by atoms with Crippen LogP contribution >= 0.6 is 11.3 Å². The third kappa shape index (κ3) is 2.31. The number of benzene rings is 2. The van der Waals surface area contributed by atoms with E-state index in [1.54, 1.807) is 6.07 Å². The Labute approximate surface area is 136 Å². The second-order valence-electron chi connectivity index (χ2n) is 5.24. The van der Waals surface area contributed by atoms with Crippen molar-refractivity contribution in [3.05, 3.63) is 53.0 Å². The van der Waals surface area contributed by atoms with Gasteiger partial charge in [-0.3, -0.25) is 4.79 Å². The number of carbonyl (C=O) groups excluding carboxylic acids is 1. The Hall–Kier alpha value is -2.29. The van der Waals surface area contributed by atoms with Crippen molar-refractivity contribution in [1.82, 2.24) is 4.98 Å². The van der Waals surface area contributed by atoms with Crippen molar-refractivity contribution in [1.29, 1.82) is 0 Å². The summed E-state index contributed by atoms with van der Waals surface area (Å²) in [6, 6.07) is 12.0. The molecule has 0 fully saturated rings. The summed E-state index contributed by atoms with van der Waals surface area (Å²) in [6.07, 6.45) is 0. The van der Waals surface area contributed by atoms with E-state index < -0.39 is 15.9 Å². The van der Waals surface area contributed by atoms with E-state index in [1.165, 1.54) is 23.5 Å². The molecule has 1 aliphatic rings. The highest BCUT2D eigenvalue weighted by Crippen LogP contribution is 2.40. The number of carbonyl (C=O) groups is 1. The summed E-state index contributed by atoms with van der Waals surface area (Å²) < 4.78 is 24.1. The van der Waals surface area contributed by atoms with Crippen LogP contribution in [0.1, 0.15) is 16.5 Å². The van der Waals surface area contributed by atoms with Gasteiger partial charge >= 0.3 is 0 Å². The molecule has 1 aliphatic heterocycles. The molecule has 2 aromatic carbocycles. The second kappa shape index (κ2) is 4.85. The molecule has 1 amide bonds. The van der Waals surface area contributed by atoms with Gasteiger partial charge in [-0.1, -0.05) is 12.1 Å². The number of hydrogen-bond acceptors (Lipinski definition) is 5. The Morgan fingerprint density at radius 2 is 1.96 bits per heavy atom. The van der Waals surface area contributed by atoms with Crippen molar-refractivity contribution in [2.24, 2.45) is 5.14 Å². The molecular formula is C15H11N3O3S2. The summed E-state index contributed by atoms with van der Waals surface area (Å²) in [5.41, 5.74) is 1.99. The molecule has 23 heavy (non-hydrogen) atoms. The van der Waals surface area contributed by atoms with Crippen LogP contribution in [0.3, 0.4) is 0 Å². The van der Waals surface area contributed by atoms with Gasteiger partial charge in [0.2, 0.25) is 15.9 Å². The van der Waals surface area contributed by atoms with Crippen LogP contribution in [0.4, 0.5) is 5.69 Å². The minimum absolute atomic E-state index is 0.0149. The lowest BCUT2D eigenvalue weighted by Gasteiger charge is -2.06. The first-order chi connectivity index (χ1) is 10.9. The molecule has 1 atom stereocenters. The number of rotatable bonds is 2. The maximum absolute atomic E-state index is 12.3. The molecule has 3 N–H and O–H groups in total. The number of nitrogens with one attached hydrogen (secondary N) is 1. The van der Waals surface area contributed by atoms with E-state index in [4.69, 9.17) is 5.14 Å². The second-order valence-corrected chi connectivity index (χ2v) is 7.86. The molecule has 8 heteroatoms. The quantitative estimate of drug-likeness (QED) is 0.742. The van der Waals surface area contributed by atoms with Crippen molar-refractivity contribution >= 4 is 43.2 Å². The van der Waals surface area contributed by atoms with Crippen LogP contribution in [0.2, 0.25) is 0 Å². The highest BCUT2D eigenvalue weighted by atomic mass is 32.2. The zero-order valence-corrected chi connectivity index (χ0v) is 13.3. The Kier molecular flexibility index (Phi) is 3.02. The number of hydrogen-bond donors (Lipinski definition) is 2. The Bertz CT molecular complexity index is 1020. The molecule has 116 valence electrons. The first-order valence-corrected chi connectivity index (χ1v) is 9.13. The first-order valence-electron chi connectivity index (χ1n) is 6.76. The smallest absolute Gasteiger partial charge is 0.238 e. The van der Waals surface area contributed by atoms with Crippen LogP contribution in [-0.4, -0.2) is 19.3 Å². The van der Waals surface area contributed by atoms with Crippen molar-refractivity contribution in [2.75, 3.05) is 5.32 Å². The van der Waals surface area contributed by atoms with Crippen LogP contribution in [0, 0.1) is 0 Å². The molecule has 2 heterocycles. The number of para-hydroxylation sites is 1. The van der Waals surface area contributed by atoms with Gasteiger partial charge in [0.15, 0.2) is 0 Å². The zero-order valence-electron chi connectivity index (χ0n) is 11.7. The Balaban J connectivity index is 1.89. The molecule has 6 nitrogen and oxygen atoms in total. The van der Waals surface area contributed by atoms with E-state index in [0.717, 1.165) is 10.2 Å². The van der Waals surface area contributed by atoms with Crippen molar-refractivity contribution in [3.8, 4) is 0 Å². The van der Waals surface area contributed by atoms with Gasteiger partial charge in [0, 0.05) is 5.69 Å². The standard InChI is InChI=1S/C15H11N3O3S2/c16-23(20,21)8-5-6-10-9(7-8)13(14(19)17-10)15-18-11-3-1-2-4-12(11)22-15/h1-7,13H,(H,17,19)(H2,16,20,21). The third-order valence-electron chi connectivity index (χ3n) is 3.74. The maximum Gasteiger partial charge on any atom is 0.238 e. The predicted molar refractivity (Wildman–Crippen MR) is 87.9 cm³/mol. The predicted octanol–water partition coefficient (Wildman–Crippen LogP) is 2.03. The first kappa shape index (κ1) is 14.3. The zero-order chi connectivity index (χ0) is 16.2. The molecule has 0 radical (unpaired) electrons. The lowest BCUT2D eigenvalue weighted by Crippen LogP contribution is -2.14. The van der Waals surface area contributed by atoms with Crippen molar-refractivity contribution in [2.45, 2.75) is 10.8 Å². The summed E-state index contributed by atoms with van der Waals surface area (Å²) in [7, 11) is -3.83. The van der Waals surface area contributed by atoms with E-state index in [1.807, 2.05) is 24.3 Å². The largest absolute Gasteiger partial charge is 0.325 e. The number of sulfonamides is 1. The van der Waals surface area contributed by atoms with Gasteiger partial charge in [-0.15, -0.1) is 11.3 Å². The Morgan fingerprint density at radius 3 is 2.70 bits per heavy atom. The summed E-state index contributed by atoms with van der Waals surface area (Å²) in [5.74, 6) is -0.838. The minimum Gasteiger partial charge on any atom is -0.325 e. The van der Waals surface area contributed by atoms with Crippen LogP contribution in [0.5, 0.6) is 0 Å². The summed E-state index contributed by atoms with van der Waals surface area (Å²) in [5, 5.41) is 8.58. The van der Waals surface area contributed by atoms with Gasteiger partial charge in [-0.25, -0.2) is 18.5 Å². The summed E-state index contributed by atoms with van der Waals surface area (Å²) in [6.45, 7) is 0. The fourth-order valence-corrected chi connectivity index (χ4v) is 4.31. The fourth-order valence-electron chi connectivity index (χ4n) is 2.68. The maximum atomic E-state index is 12.3. The molecule has 0 spiro atoms. The lowest BCUT2D eigenvalue weighted by molar-refractivity contribution is -0.116. The van der Waals surface area contributed by atoms with Crippen LogP contribution in [0.15, 0.2) is 47.4 Å². The molecule has 0 bridgehead atoms.